The second-order valence-electron chi connectivity index (χ2n) is 4.90. The van der Waals surface area contributed by atoms with Crippen molar-refractivity contribution in [1.29, 1.82) is 0 Å². The molecule has 0 atom stereocenters. The second kappa shape index (κ2) is 8.44. The summed E-state index contributed by atoms with van der Waals surface area (Å²) in [5.74, 6) is 1.72. The van der Waals surface area contributed by atoms with E-state index >= 15 is 0 Å². The summed E-state index contributed by atoms with van der Waals surface area (Å²) in [6.45, 7) is 6.20. The van der Waals surface area contributed by atoms with Crippen LogP contribution in [0.4, 0.5) is 0 Å². The number of thiophene rings is 1. The number of nitrogens with zero attached hydrogens (tertiary/aromatic N) is 1. The van der Waals surface area contributed by atoms with Crippen LogP contribution in [0.5, 0.6) is 5.75 Å². The molecule has 0 saturated heterocycles. The van der Waals surface area contributed by atoms with Gasteiger partial charge in [-0.05, 0) is 36.9 Å². The lowest BCUT2D eigenvalue weighted by atomic mass is 10.1. The third-order valence-corrected chi connectivity index (χ3v) is 4.08. The van der Waals surface area contributed by atoms with Gasteiger partial charge in [0.1, 0.15) is 5.75 Å². The molecule has 4 nitrogen and oxygen atoms in total. The summed E-state index contributed by atoms with van der Waals surface area (Å²) in [6, 6.07) is 10.4. The van der Waals surface area contributed by atoms with Crippen molar-refractivity contribution in [3.05, 3.63) is 51.7 Å². The normalized spacial score (nSPS) is 11.3. The average Bonchev–Trinajstić information content (AvgIpc) is 3.03. The smallest absolute Gasteiger partial charge is 0.191 e. The molecule has 1 aromatic heterocycles. The molecule has 0 amide bonds. The summed E-state index contributed by atoms with van der Waals surface area (Å²) in [7, 11) is 1.78. The summed E-state index contributed by atoms with van der Waals surface area (Å²) in [5, 5.41) is 8.72. The molecule has 2 N–H and O–H groups in total. The van der Waals surface area contributed by atoms with Crippen LogP contribution in [0.2, 0.25) is 0 Å². The summed E-state index contributed by atoms with van der Waals surface area (Å²) in [5.41, 5.74) is 2.33. The van der Waals surface area contributed by atoms with Gasteiger partial charge in [-0.15, -0.1) is 11.3 Å². The topological polar surface area (TPSA) is 45.6 Å². The van der Waals surface area contributed by atoms with E-state index in [0.29, 0.717) is 13.2 Å². The SMILES string of the molecule is CCOc1cc(C)ccc1CNC(=NC)NCc1cccs1. The first-order chi connectivity index (χ1) is 10.7. The van der Waals surface area contributed by atoms with Gasteiger partial charge in [-0.25, -0.2) is 0 Å². The fourth-order valence-corrected chi connectivity index (χ4v) is 2.73. The fraction of sp³-hybridized carbons (Fsp3) is 0.353. The monoisotopic (exact) mass is 317 g/mol. The number of aryl methyl sites for hydroxylation is 1. The van der Waals surface area contributed by atoms with Crippen molar-refractivity contribution in [1.82, 2.24) is 10.6 Å². The average molecular weight is 317 g/mol. The first kappa shape index (κ1) is 16.4. The van der Waals surface area contributed by atoms with E-state index in [4.69, 9.17) is 4.74 Å². The van der Waals surface area contributed by atoms with Gasteiger partial charge in [0.15, 0.2) is 5.96 Å². The van der Waals surface area contributed by atoms with E-state index in [-0.39, 0.29) is 0 Å². The predicted molar refractivity (Wildman–Crippen MR) is 93.7 cm³/mol. The van der Waals surface area contributed by atoms with Crippen molar-refractivity contribution < 1.29 is 4.74 Å². The van der Waals surface area contributed by atoms with Crippen molar-refractivity contribution in [2.45, 2.75) is 26.9 Å². The molecule has 22 heavy (non-hydrogen) atoms. The lowest BCUT2D eigenvalue weighted by Crippen LogP contribution is -2.36. The molecule has 2 rings (SSSR count). The molecule has 0 saturated carbocycles. The molecule has 118 valence electrons. The Kier molecular flexibility index (Phi) is 6.27. The number of guanidine groups is 1. The van der Waals surface area contributed by atoms with Crippen LogP contribution >= 0.6 is 11.3 Å². The third kappa shape index (κ3) is 4.77. The molecule has 0 aliphatic rings. The largest absolute Gasteiger partial charge is 0.494 e. The minimum atomic E-state index is 0.668. The molecule has 0 bridgehead atoms. The lowest BCUT2D eigenvalue weighted by Gasteiger charge is -2.14. The van der Waals surface area contributed by atoms with Crippen molar-refractivity contribution in [3.63, 3.8) is 0 Å². The van der Waals surface area contributed by atoms with Crippen molar-refractivity contribution in [3.8, 4) is 5.75 Å². The van der Waals surface area contributed by atoms with E-state index in [2.05, 4.69) is 58.3 Å². The number of benzene rings is 1. The van der Waals surface area contributed by atoms with Gasteiger partial charge in [0, 0.05) is 24.0 Å². The third-order valence-electron chi connectivity index (χ3n) is 3.20. The van der Waals surface area contributed by atoms with Gasteiger partial charge in [0.25, 0.3) is 0 Å². The maximum Gasteiger partial charge on any atom is 0.191 e. The van der Waals surface area contributed by atoms with E-state index in [1.54, 1.807) is 18.4 Å². The number of nitrogens with one attached hydrogen (secondary N) is 2. The highest BCUT2D eigenvalue weighted by atomic mass is 32.1. The molecule has 0 unspecified atom stereocenters. The van der Waals surface area contributed by atoms with E-state index in [9.17, 15) is 0 Å². The van der Waals surface area contributed by atoms with Crippen LogP contribution in [0.3, 0.4) is 0 Å². The first-order valence-electron chi connectivity index (χ1n) is 7.42. The molecule has 2 aromatic rings. The summed E-state index contributed by atoms with van der Waals surface area (Å²) in [6.07, 6.45) is 0. The molecule has 0 fully saturated rings. The predicted octanol–water partition coefficient (Wildman–Crippen LogP) is 3.32. The van der Waals surface area contributed by atoms with Crippen LogP contribution in [0.1, 0.15) is 22.9 Å². The molecule has 0 spiro atoms. The number of ether oxygens (including phenoxy) is 1. The van der Waals surface area contributed by atoms with E-state index in [1.165, 1.54) is 10.4 Å². The van der Waals surface area contributed by atoms with Crippen molar-refractivity contribution in [2.24, 2.45) is 4.99 Å². The lowest BCUT2D eigenvalue weighted by molar-refractivity contribution is 0.336. The number of rotatable bonds is 6. The van der Waals surface area contributed by atoms with Crippen LogP contribution in [-0.4, -0.2) is 19.6 Å². The maximum atomic E-state index is 5.70. The van der Waals surface area contributed by atoms with Crippen molar-refractivity contribution in [2.75, 3.05) is 13.7 Å². The quantitative estimate of drug-likeness (QED) is 0.634. The van der Waals surface area contributed by atoms with Crippen LogP contribution in [-0.2, 0) is 13.1 Å². The molecular weight excluding hydrogens is 294 g/mol. The zero-order valence-corrected chi connectivity index (χ0v) is 14.2. The summed E-state index contributed by atoms with van der Waals surface area (Å²) >= 11 is 1.74. The molecule has 1 heterocycles. The Balaban J connectivity index is 1.92. The van der Waals surface area contributed by atoms with Gasteiger partial charge in [-0.1, -0.05) is 18.2 Å². The number of hydrogen-bond donors (Lipinski definition) is 2. The van der Waals surface area contributed by atoms with Crippen LogP contribution in [0.25, 0.3) is 0 Å². The van der Waals surface area contributed by atoms with Crippen LogP contribution in [0, 0.1) is 6.92 Å². The summed E-state index contributed by atoms with van der Waals surface area (Å²) < 4.78 is 5.70. The highest BCUT2D eigenvalue weighted by molar-refractivity contribution is 7.09. The van der Waals surface area contributed by atoms with E-state index in [0.717, 1.165) is 23.8 Å². The highest BCUT2D eigenvalue weighted by Gasteiger charge is 2.05. The Morgan fingerprint density at radius 1 is 1.23 bits per heavy atom. The van der Waals surface area contributed by atoms with Gasteiger partial charge < -0.3 is 15.4 Å². The molecule has 0 radical (unpaired) electrons. The Bertz CT molecular complexity index is 608. The Labute approximate surface area is 136 Å². The fourth-order valence-electron chi connectivity index (χ4n) is 2.08. The molecule has 5 heteroatoms. The van der Waals surface area contributed by atoms with Crippen LogP contribution in [0.15, 0.2) is 40.7 Å². The maximum absolute atomic E-state index is 5.70. The second-order valence-corrected chi connectivity index (χ2v) is 5.94. The molecule has 1 aromatic carbocycles. The molecule has 0 aliphatic carbocycles. The number of hydrogen-bond acceptors (Lipinski definition) is 3. The minimum absolute atomic E-state index is 0.668. The minimum Gasteiger partial charge on any atom is -0.494 e. The Morgan fingerprint density at radius 3 is 2.73 bits per heavy atom. The zero-order chi connectivity index (χ0) is 15.8. The van der Waals surface area contributed by atoms with E-state index in [1.807, 2.05) is 6.92 Å². The Morgan fingerprint density at radius 2 is 2.05 bits per heavy atom. The highest BCUT2D eigenvalue weighted by Crippen LogP contribution is 2.20. The van der Waals surface area contributed by atoms with Gasteiger partial charge in [-0.3, -0.25) is 4.99 Å². The van der Waals surface area contributed by atoms with Gasteiger partial charge in [0.05, 0.1) is 13.2 Å². The number of aliphatic imine (C=N–C) groups is 1. The molecule has 0 aliphatic heterocycles. The first-order valence-corrected chi connectivity index (χ1v) is 8.30. The molecular formula is C17H23N3OS. The van der Waals surface area contributed by atoms with Gasteiger partial charge >= 0.3 is 0 Å². The Hall–Kier alpha value is -2.01. The standard InChI is InChI=1S/C17H23N3OS/c1-4-21-16-10-13(2)7-8-14(16)11-19-17(18-3)20-12-15-6-5-9-22-15/h5-10H,4,11-12H2,1-3H3,(H2,18,19,20). The van der Waals surface area contributed by atoms with Gasteiger partial charge in [0.2, 0.25) is 0 Å². The van der Waals surface area contributed by atoms with Crippen molar-refractivity contribution >= 4 is 17.3 Å². The zero-order valence-electron chi connectivity index (χ0n) is 13.3. The van der Waals surface area contributed by atoms with Crippen LogP contribution < -0.4 is 15.4 Å². The van der Waals surface area contributed by atoms with E-state index < -0.39 is 0 Å². The van der Waals surface area contributed by atoms with Gasteiger partial charge in [-0.2, -0.15) is 0 Å². The summed E-state index contributed by atoms with van der Waals surface area (Å²) in [4.78, 5) is 5.54.